The summed E-state index contributed by atoms with van der Waals surface area (Å²) in [4.78, 5) is 2.42. The number of aryl methyl sites for hydroxylation is 1. The first-order chi connectivity index (χ1) is 9.52. The van der Waals surface area contributed by atoms with Crippen LogP contribution < -0.4 is 5.32 Å². The van der Waals surface area contributed by atoms with Crippen molar-refractivity contribution in [2.45, 2.75) is 58.3 Å². The molecular formula is C16H26N2O2. The molecule has 1 aliphatic heterocycles. The summed E-state index contributed by atoms with van der Waals surface area (Å²) in [5, 5.41) is 3.52. The molecule has 0 spiro atoms. The number of furan rings is 1. The lowest BCUT2D eigenvalue weighted by molar-refractivity contribution is -0.0894. The third kappa shape index (κ3) is 3.62. The molecule has 0 aromatic carbocycles. The number of ether oxygens (including phenoxy) is 1. The van der Waals surface area contributed by atoms with E-state index in [1.807, 2.05) is 0 Å². The van der Waals surface area contributed by atoms with Gasteiger partial charge in [-0.3, -0.25) is 4.90 Å². The second-order valence-electron chi connectivity index (χ2n) is 6.79. The molecule has 1 N–H and O–H groups in total. The van der Waals surface area contributed by atoms with Gasteiger partial charge in [0.1, 0.15) is 11.5 Å². The number of nitrogens with one attached hydrogen (secondary N) is 1. The molecule has 1 aromatic rings. The van der Waals surface area contributed by atoms with Crippen molar-refractivity contribution in [3.63, 3.8) is 0 Å². The Balaban J connectivity index is 1.57. The topological polar surface area (TPSA) is 37.6 Å². The number of morpholine rings is 1. The smallest absolute Gasteiger partial charge is 0.120 e. The molecule has 3 rings (SSSR count). The van der Waals surface area contributed by atoms with Gasteiger partial charge in [-0.2, -0.15) is 0 Å². The average Bonchev–Trinajstić information content (AvgIpc) is 3.11. The minimum absolute atomic E-state index is 0.0454. The van der Waals surface area contributed by atoms with Crippen molar-refractivity contribution in [2.75, 3.05) is 19.7 Å². The fraction of sp³-hybridized carbons (Fsp3) is 0.750. The molecule has 2 heterocycles. The monoisotopic (exact) mass is 278 g/mol. The van der Waals surface area contributed by atoms with Crippen molar-refractivity contribution in [1.82, 2.24) is 10.2 Å². The molecule has 0 bridgehead atoms. The Morgan fingerprint density at radius 1 is 1.40 bits per heavy atom. The molecule has 1 saturated heterocycles. The third-order valence-corrected chi connectivity index (χ3v) is 4.08. The van der Waals surface area contributed by atoms with E-state index in [1.165, 1.54) is 18.4 Å². The molecule has 2 aliphatic rings. The second kappa shape index (κ2) is 5.51. The number of rotatable bonds is 5. The summed E-state index contributed by atoms with van der Waals surface area (Å²) >= 11 is 0. The van der Waals surface area contributed by atoms with E-state index in [1.54, 1.807) is 0 Å². The SMILES string of the molecule is Cc1cc(CN2CCOC(C)(C)C2)oc1CNC1CC1. The van der Waals surface area contributed by atoms with E-state index >= 15 is 0 Å². The quantitative estimate of drug-likeness (QED) is 0.898. The van der Waals surface area contributed by atoms with Gasteiger partial charge >= 0.3 is 0 Å². The molecule has 0 atom stereocenters. The van der Waals surface area contributed by atoms with Crippen LogP contribution >= 0.6 is 0 Å². The zero-order valence-corrected chi connectivity index (χ0v) is 12.9. The van der Waals surface area contributed by atoms with E-state index in [0.29, 0.717) is 0 Å². The van der Waals surface area contributed by atoms with Crippen molar-refractivity contribution in [1.29, 1.82) is 0 Å². The lowest BCUT2D eigenvalue weighted by atomic mass is 10.1. The van der Waals surface area contributed by atoms with Crippen molar-refractivity contribution < 1.29 is 9.15 Å². The first-order valence-corrected chi connectivity index (χ1v) is 7.70. The molecule has 20 heavy (non-hydrogen) atoms. The van der Waals surface area contributed by atoms with Gasteiger partial charge in [-0.15, -0.1) is 0 Å². The van der Waals surface area contributed by atoms with Gasteiger partial charge in [0.15, 0.2) is 0 Å². The van der Waals surface area contributed by atoms with Gasteiger partial charge in [-0.05, 0) is 45.2 Å². The second-order valence-corrected chi connectivity index (χ2v) is 6.79. The van der Waals surface area contributed by atoms with Crippen LogP contribution in [-0.4, -0.2) is 36.2 Å². The molecule has 0 radical (unpaired) electrons. The van der Waals surface area contributed by atoms with Crippen molar-refractivity contribution in [3.8, 4) is 0 Å². The van der Waals surface area contributed by atoms with E-state index < -0.39 is 0 Å². The summed E-state index contributed by atoms with van der Waals surface area (Å²) in [6.07, 6.45) is 2.63. The summed E-state index contributed by atoms with van der Waals surface area (Å²) in [6, 6.07) is 2.91. The maximum atomic E-state index is 6.02. The van der Waals surface area contributed by atoms with Gasteiger partial charge in [0, 0.05) is 19.1 Å². The zero-order valence-electron chi connectivity index (χ0n) is 12.9. The van der Waals surface area contributed by atoms with Gasteiger partial charge < -0.3 is 14.5 Å². The van der Waals surface area contributed by atoms with Crippen LogP contribution in [0, 0.1) is 6.92 Å². The van der Waals surface area contributed by atoms with Crippen LogP contribution in [0.15, 0.2) is 10.5 Å². The highest BCUT2D eigenvalue weighted by molar-refractivity contribution is 5.20. The number of hydrogen-bond acceptors (Lipinski definition) is 4. The molecule has 0 amide bonds. The van der Waals surface area contributed by atoms with Crippen molar-refractivity contribution >= 4 is 0 Å². The molecular weight excluding hydrogens is 252 g/mol. The maximum absolute atomic E-state index is 6.02. The van der Waals surface area contributed by atoms with E-state index in [0.717, 1.165) is 50.3 Å². The molecule has 112 valence electrons. The predicted octanol–water partition coefficient (Wildman–Crippen LogP) is 2.45. The minimum Gasteiger partial charge on any atom is -0.463 e. The largest absolute Gasteiger partial charge is 0.463 e. The summed E-state index contributed by atoms with van der Waals surface area (Å²) in [5.74, 6) is 2.17. The molecule has 1 saturated carbocycles. The standard InChI is InChI=1S/C16H26N2O2/c1-12-8-14(20-15(12)9-17-13-4-5-13)10-18-6-7-19-16(2,3)11-18/h8,13,17H,4-7,9-11H2,1-3H3. The fourth-order valence-corrected chi connectivity index (χ4v) is 2.84. The molecule has 0 unspecified atom stereocenters. The first-order valence-electron chi connectivity index (χ1n) is 7.70. The van der Waals surface area contributed by atoms with Crippen molar-refractivity contribution in [3.05, 3.63) is 23.2 Å². The predicted molar refractivity (Wildman–Crippen MR) is 78.6 cm³/mol. The van der Waals surface area contributed by atoms with Crippen LogP contribution in [0.5, 0.6) is 0 Å². The Morgan fingerprint density at radius 2 is 2.20 bits per heavy atom. The van der Waals surface area contributed by atoms with Crippen LogP contribution in [-0.2, 0) is 17.8 Å². The Bertz CT molecular complexity index is 463. The Labute approximate surface area is 121 Å². The zero-order chi connectivity index (χ0) is 14.2. The Hall–Kier alpha value is -0.840. The van der Waals surface area contributed by atoms with Gasteiger partial charge in [0.25, 0.3) is 0 Å². The normalized spacial score (nSPS) is 23.1. The van der Waals surface area contributed by atoms with E-state index in [-0.39, 0.29) is 5.60 Å². The summed E-state index contributed by atoms with van der Waals surface area (Å²) < 4.78 is 11.8. The molecule has 2 fully saturated rings. The van der Waals surface area contributed by atoms with Crippen LogP contribution in [0.4, 0.5) is 0 Å². The number of hydrogen-bond donors (Lipinski definition) is 1. The molecule has 1 aromatic heterocycles. The fourth-order valence-electron chi connectivity index (χ4n) is 2.84. The van der Waals surface area contributed by atoms with E-state index in [9.17, 15) is 0 Å². The van der Waals surface area contributed by atoms with Gasteiger partial charge in [0.2, 0.25) is 0 Å². The van der Waals surface area contributed by atoms with Crippen LogP contribution in [0.25, 0.3) is 0 Å². The van der Waals surface area contributed by atoms with E-state index in [2.05, 4.69) is 37.1 Å². The molecule has 4 nitrogen and oxygen atoms in total. The first kappa shape index (κ1) is 14.1. The van der Waals surface area contributed by atoms with Crippen LogP contribution in [0.2, 0.25) is 0 Å². The summed E-state index contributed by atoms with van der Waals surface area (Å²) in [5.41, 5.74) is 1.22. The minimum atomic E-state index is -0.0454. The molecule has 1 aliphatic carbocycles. The lowest BCUT2D eigenvalue weighted by Gasteiger charge is -2.37. The van der Waals surface area contributed by atoms with Gasteiger partial charge in [-0.1, -0.05) is 0 Å². The van der Waals surface area contributed by atoms with Crippen LogP contribution in [0.3, 0.4) is 0 Å². The summed E-state index contributed by atoms with van der Waals surface area (Å²) in [6.45, 7) is 10.9. The average molecular weight is 278 g/mol. The Morgan fingerprint density at radius 3 is 2.90 bits per heavy atom. The maximum Gasteiger partial charge on any atom is 0.120 e. The van der Waals surface area contributed by atoms with E-state index in [4.69, 9.17) is 9.15 Å². The van der Waals surface area contributed by atoms with Gasteiger partial charge in [-0.25, -0.2) is 0 Å². The highest BCUT2D eigenvalue weighted by Gasteiger charge is 2.28. The third-order valence-electron chi connectivity index (χ3n) is 4.08. The van der Waals surface area contributed by atoms with Crippen molar-refractivity contribution in [2.24, 2.45) is 0 Å². The molecule has 4 heteroatoms. The highest BCUT2D eigenvalue weighted by atomic mass is 16.5. The summed E-state index contributed by atoms with van der Waals surface area (Å²) in [7, 11) is 0. The lowest BCUT2D eigenvalue weighted by Crippen LogP contribution is -2.47. The highest BCUT2D eigenvalue weighted by Crippen LogP contribution is 2.23. The number of nitrogens with zero attached hydrogens (tertiary/aromatic N) is 1. The van der Waals surface area contributed by atoms with Crippen LogP contribution in [0.1, 0.15) is 43.8 Å². The van der Waals surface area contributed by atoms with Gasteiger partial charge in [0.05, 0.1) is 25.3 Å². The Kier molecular flexibility index (Phi) is 3.89.